The Balaban J connectivity index is 2.45. The molecule has 0 aliphatic heterocycles. The van der Waals surface area contributed by atoms with E-state index in [1.165, 1.54) is 29.1 Å². The van der Waals surface area contributed by atoms with Crippen molar-refractivity contribution in [2.75, 3.05) is 0 Å². The van der Waals surface area contributed by atoms with Crippen LogP contribution < -0.4 is 0 Å². The summed E-state index contributed by atoms with van der Waals surface area (Å²) in [4.78, 5) is 0. The van der Waals surface area contributed by atoms with Gasteiger partial charge in [-0.3, -0.25) is 0 Å². The number of hydrogen-bond donors (Lipinski definition) is 0. The SMILES string of the molecule is C[SiH2]CCCC[SiH3]. The quantitative estimate of drug-likeness (QED) is 0.378. The second-order valence-electron chi connectivity index (χ2n) is 2.06. The van der Waals surface area contributed by atoms with Crippen molar-refractivity contribution in [2.24, 2.45) is 0 Å². The first-order valence-electron chi connectivity index (χ1n) is 3.41. The summed E-state index contributed by atoms with van der Waals surface area (Å²) in [6.07, 6.45) is 3.05. The first kappa shape index (κ1) is 7.43. The summed E-state index contributed by atoms with van der Waals surface area (Å²) in [7, 11) is 1.83. The van der Waals surface area contributed by atoms with Crippen LogP contribution >= 0.6 is 0 Å². The van der Waals surface area contributed by atoms with Crippen LogP contribution in [0.25, 0.3) is 0 Å². The molecule has 0 aromatic heterocycles. The molecular weight excluding hydrogens is 116 g/mol. The van der Waals surface area contributed by atoms with Gasteiger partial charge in [-0.1, -0.05) is 31.5 Å². The fourth-order valence-corrected chi connectivity index (χ4v) is 2.03. The van der Waals surface area contributed by atoms with Crippen molar-refractivity contribution in [3.05, 3.63) is 0 Å². The van der Waals surface area contributed by atoms with Crippen molar-refractivity contribution >= 4 is 19.8 Å². The molecule has 2 heteroatoms. The van der Waals surface area contributed by atoms with Crippen molar-refractivity contribution in [2.45, 2.75) is 31.5 Å². The second-order valence-corrected chi connectivity index (χ2v) is 4.77. The molecule has 0 nitrogen and oxygen atoms in total. The molecule has 0 bridgehead atoms. The van der Waals surface area contributed by atoms with E-state index in [0.29, 0.717) is 9.52 Å². The number of hydrogen-bond acceptors (Lipinski definition) is 0. The van der Waals surface area contributed by atoms with Gasteiger partial charge in [-0.05, 0) is 0 Å². The highest BCUT2D eigenvalue weighted by atomic mass is 28.2. The van der Waals surface area contributed by atoms with Crippen LogP contribution in [-0.4, -0.2) is 19.8 Å². The molecule has 0 aromatic carbocycles. The summed E-state index contributed by atoms with van der Waals surface area (Å²) < 4.78 is 0. The lowest BCUT2D eigenvalue weighted by molar-refractivity contribution is 0.878. The van der Waals surface area contributed by atoms with Crippen LogP contribution in [-0.2, 0) is 0 Å². The lowest BCUT2D eigenvalue weighted by Gasteiger charge is -1.90. The Morgan fingerprint density at radius 1 is 1.43 bits per heavy atom. The normalized spacial score (nSPS) is 11.6. The molecular formula is C5H16Si2. The summed E-state index contributed by atoms with van der Waals surface area (Å²) >= 11 is 0. The lowest BCUT2D eigenvalue weighted by Crippen LogP contribution is -1.79. The van der Waals surface area contributed by atoms with Gasteiger partial charge in [-0.2, -0.15) is 0 Å². The second kappa shape index (κ2) is 6.43. The summed E-state index contributed by atoms with van der Waals surface area (Å²) in [5.74, 6) is 0. The van der Waals surface area contributed by atoms with E-state index in [1.54, 1.807) is 6.04 Å². The maximum absolute atomic E-state index is 2.40. The predicted molar refractivity (Wildman–Crippen MR) is 43.2 cm³/mol. The number of rotatable bonds is 4. The van der Waals surface area contributed by atoms with Gasteiger partial charge in [0.15, 0.2) is 0 Å². The minimum atomic E-state index is 0.409. The zero-order chi connectivity index (χ0) is 5.54. The number of unbranched alkanes of at least 4 members (excludes halogenated alkanes) is 1. The van der Waals surface area contributed by atoms with E-state index in [-0.39, 0.29) is 0 Å². The molecule has 0 aromatic rings. The van der Waals surface area contributed by atoms with Crippen molar-refractivity contribution < 1.29 is 0 Å². The molecule has 0 heterocycles. The molecule has 0 unspecified atom stereocenters. The van der Waals surface area contributed by atoms with E-state index >= 15 is 0 Å². The summed E-state index contributed by atoms with van der Waals surface area (Å²) in [6, 6.07) is 3.11. The Morgan fingerprint density at radius 3 is 2.57 bits per heavy atom. The fraction of sp³-hybridized carbons (Fsp3) is 1.00. The molecule has 0 spiro atoms. The molecule has 7 heavy (non-hydrogen) atoms. The fourth-order valence-electron chi connectivity index (χ4n) is 0.677. The average molecular weight is 132 g/mol. The summed E-state index contributed by atoms with van der Waals surface area (Å²) in [5.41, 5.74) is 0. The largest absolute Gasteiger partial charge is 0.0748 e. The predicted octanol–water partition coefficient (Wildman–Crippen LogP) is 0.185. The Labute approximate surface area is 51.9 Å². The molecule has 0 amide bonds. The third-order valence-electron chi connectivity index (χ3n) is 1.21. The highest BCUT2D eigenvalue weighted by Gasteiger charge is 1.80. The molecule has 0 saturated heterocycles. The highest BCUT2D eigenvalue weighted by Crippen LogP contribution is 1.96. The lowest BCUT2D eigenvalue weighted by atomic mass is 10.4. The topological polar surface area (TPSA) is 0 Å². The van der Waals surface area contributed by atoms with Crippen LogP contribution in [0.4, 0.5) is 0 Å². The molecule has 0 radical (unpaired) electrons. The Hall–Kier alpha value is 0.434. The van der Waals surface area contributed by atoms with Crippen LogP contribution in [0, 0.1) is 0 Å². The maximum Gasteiger partial charge on any atom is 0.0166 e. The van der Waals surface area contributed by atoms with E-state index in [4.69, 9.17) is 0 Å². The van der Waals surface area contributed by atoms with Crippen molar-refractivity contribution in [1.29, 1.82) is 0 Å². The monoisotopic (exact) mass is 132 g/mol. The van der Waals surface area contributed by atoms with Gasteiger partial charge >= 0.3 is 0 Å². The van der Waals surface area contributed by atoms with Crippen LogP contribution in [0.3, 0.4) is 0 Å². The molecule has 0 rings (SSSR count). The van der Waals surface area contributed by atoms with E-state index in [0.717, 1.165) is 0 Å². The zero-order valence-corrected chi connectivity index (χ0v) is 8.95. The Kier molecular flexibility index (Phi) is 6.83. The Bertz CT molecular complexity index is 25.3. The molecule has 0 fully saturated rings. The standard InChI is InChI=1S/C5H16Si2/c1-7-5-3-2-4-6/h2-5,7H2,1,6H3. The van der Waals surface area contributed by atoms with Gasteiger partial charge in [0.2, 0.25) is 0 Å². The minimum Gasteiger partial charge on any atom is -0.0748 e. The maximum atomic E-state index is 2.40. The van der Waals surface area contributed by atoms with Crippen molar-refractivity contribution in [3.8, 4) is 0 Å². The highest BCUT2D eigenvalue weighted by molar-refractivity contribution is 6.33. The summed E-state index contributed by atoms with van der Waals surface area (Å²) in [6.45, 7) is 2.40. The third-order valence-corrected chi connectivity index (χ3v) is 3.12. The first-order chi connectivity index (χ1) is 3.41. The van der Waals surface area contributed by atoms with Crippen molar-refractivity contribution in [1.82, 2.24) is 0 Å². The molecule has 44 valence electrons. The van der Waals surface area contributed by atoms with E-state index in [9.17, 15) is 0 Å². The molecule has 0 saturated carbocycles. The smallest absolute Gasteiger partial charge is 0.0166 e. The van der Waals surface area contributed by atoms with Gasteiger partial charge < -0.3 is 0 Å². The Morgan fingerprint density at radius 2 is 2.14 bits per heavy atom. The molecule has 0 N–H and O–H groups in total. The van der Waals surface area contributed by atoms with Crippen molar-refractivity contribution in [3.63, 3.8) is 0 Å². The third kappa shape index (κ3) is 6.43. The summed E-state index contributed by atoms with van der Waals surface area (Å²) in [5, 5.41) is 0. The van der Waals surface area contributed by atoms with Gasteiger partial charge in [-0.25, -0.2) is 0 Å². The molecule has 0 atom stereocenters. The van der Waals surface area contributed by atoms with Gasteiger partial charge in [0, 0.05) is 19.8 Å². The zero-order valence-electron chi connectivity index (χ0n) is 5.54. The van der Waals surface area contributed by atoms with Gasteiger partial charge in [0.25, 0.3) is 0 Å². The van der Waals surface area contributed by atoms with Gasteiger partial charge in [-0.15, -0.1) is 0 Å². The minimum absolute atomic E-state index is 0.409. The first-order valence-corrected chi connectivity index (χ1v) is 7.24. The van der Waals surface area contributed by atoms with E-state index < -0.39 is 0 Å². The van der Waals surface area contributed by atoms with Crippen LogP contribution in [0.5, 0.6) is 0 Å². The van der Waals surface area contributed by atoms with Gasteiger partial charge in [0.1, 0.15) is 0 Å². The average Bonchev–Trinajstić information content (AvgIpc) is 1.69. The van der Waals surface area contributed by atoms with E-state index in [2.05, 4.69) is 6.55 Å². The van der Waals surface area contributed by atoms with Crippen LogP contribution in [0.15, 0.2) is 0 Å². The van der Waals surface area contributed by atoms with Crippen LogP contribution in [0.2, 0.25) is 18.6 Å². The van der Waals surface area contributed by atoms with Crippen LogP contribution in [0.1, 0.15) is 12.8 Å². The van der Waals surface area contributed by atoms with Gasteiger partial charge in [0.05, 0.1) is 0 Å². The molecule has 0 aliphatic rings. The van der Waals surface area contributed by atoms with E-state index in [1.807, 2.05) is 0 Å². The molecule has 0 aliphatic carbocycles.